The van der Waals surface area contributed by atoms with Crippen LogP contribution in [-0.4, -0.2) is 65.0 Å². The summed E-state index contributed by atoms with van der Waals surface area (Å²) < 4.78 is 0. The zero-order valence-electron chi connectivity index (χ0n) is 14.7. The van der Waals surface area contributed by atoms with E-state index in [1.807, 2.05) is 26.4 Å². The lowest BCUT2D eigenvalue weighted by molar-refractivity contribution is -0.142. The van der Waals surface area contributed by atoms with Gasteiger partial charge in [-0.05, 0) is 42.8 Å². The highest BCUT2D eigenvalue weighted by atomic mass is 32.2. The first-order chi connectivity index (χ1) is 11.2. The molecule has 0 aromatic carbocycles. The van der Waals surface area contributed by atoms with Crippen molar-refractivity contribution in [3.8, 4) is 0 Å². The van der Waals surface area contributed by atoms with Crippen molar-refractivity contribution in [1.29, 1.82) is 0 Å². The standard InChI is InChI=1S/C15H29N3O4S2/c1-9(2)12(16)14(20)17-10(5-7-23-3)13(19)18-11(15(21)22)6-8-24-4/h9-12H,5-8,16H2,1-4H3,(H,17,20)(H,18,19)(H,21,22). The monoisotopic (exact) mass is 379 g/mol. The van der Waals surface area contributed by atoms with Crippen LogP contribution in [0, 0.1) is 5.92 Å². The average Bonchev–Trinajstić information content (AvgIpc) is 2.53. The van der Waals surface area contributed by atoms with Crippen LogP contribution in [0.2, 0.25) is 0 Å². The molecular weight excluding hydrogens is 350 g/mol. The van der Waals surface area contributed by atoms with Crippen LogP contribution in [-0.2, 0) is 14.4 Å². The lowest BCUT2D eigenvalue weighted by Crippen LogP contribution is -2.55. The van der Waals surface area contributed by atoms with Gasteiger partial charge in [0.15, 0.2) is 0 Å². The number of rotatable bonds is 12. The number of amides is 2. The number of carbonyl (C=O) groups is 3. The predicted molar refractivity (Wildman–Crippen MR) is 100 cm³/mol. The van der Waals surface area contributed by atoms with Crippen LogP contribution < -0.4 is 16.4 Å². The van der Waals surface area contributed by atoms with Gasteiger partial charge in [-0.3, -0.25) is 9.59 Å². The summed E-state index contributed by atoms with van der Waals surface area (Å²) in [6, 6.07) is -2.45. The number of carbonyl (C=O) groups excluding carboxylic acids is 2. The molecule has 3 atom stereocenters. The van der Waals surface area contributed by atoms with Gasteiger partial charge in [-0.15, -0.1) is 0 Å². The van der Waals surface area contributed by atoms with E-state index in [1.165, 1.54) is 11.8 Å². The number of aliphatic carboxylic acids is 1. The van der Waals surface area contributed by atoms with E-state index in [0.29, 0.717) is 24.3 Å². The third kappa shape index (κ3) is 8.79. The van der Waals surface area contributed by atoms with Gasteiger partial charge in [-0.25, -0.2) is 4.79 Å². The lowest BCUT2D eigenvalue weighted by atomic mass is 10.0. The Morgan fingerprint density at radius 3 is 1.83 bits per heavy atom. The second-order valence-electron chi connectivity index (χ2n) is 5.79. The Morgan fingerprint density at radius 1 is 0.958 bits per heavy atom. The molecule has 0 aromatic rings. The lowest BCUT2D eigenvalue weighted by Gasteiger charge is -2.23. The number of carboxylic acids is 1. The van der Waals surface area contributed by atoms with Crippen molar-refractivity contribution >= 4 is 41.3 Å². The third-order valence-corrected chi connectivity index (χ3v) is 4.78. The molecule has 0 saturated heterocycles. The van der Waals surface area contributed by atoms with Crippen molar-refractivity contribution in [3.05, 3.63) is 0 Å². The van der Waals surface area contributed by atoms with Crippen LogP contribution in [0.3, 0.4) is 0 Å². The van der Waals surface area contributed by atoms with Gasteiger partial charge in [0.25, 0.3) is 0 Å². The van der Waals surface area contributed by atoms with E-state index in [4.69, 9.17) is 5.73 Å². The molecular formula is C15H29N3O4S2. The first kappa shape index (κ1) is 23.1. The number of nitrogens with one attached hydrogen (secondary N) is 2. The second kappa shape index (κ2) is 12.4. The highest BCUT2D eigenvalue weighted by Gasteiger charge is 2.28. The van der Waals surface area contributed by atoms with E-state index >= 15 is 0 Å². The van der Waals surface area contributed by atoms with Crippen LogP contribution in [0.4, 0.5) is 0 Å². The largest absolute Gasteiger partial charge is 0.480 e. The Morgan fingerprint density at radius 2 is 1.42 bits per heavy atom. The van der Waals surface area contributed by atoms with Gasteiger partial charge < -0.3 is 21.5 Å². The quantitative estimate of drug-likeness (QED) is 0.390. The van der Waals surface area contributed by atoms with E-state index < -0.39 is 35.9 Å². The molecule has 0 bridgehead atoms. The first-order valence-electron chi connectivity index (χ1n) is 7.81. The van der Waals surface area contributed by atoms with E-state index in [1.54, 1.807) is 11.8 Å². The molecule has 5 N–H and O–H groups in total. The molecule has 0 spiro atoms. The zero-order valence-corrected chi connectivity index (χ0v) is 16.3. The Labute approximate surface area is 152 Å². The first-order valence-corrected chi connectivity index (χ1v) is 10.6. The molecule has 0 radical (unpaired) electrons. The molecule has 9 heteroatoms. The summed E-state index contributed by atoms with van der Waals surface area (Å²) in [6.45, 7) is 3.65. The fourth-order valence-corrected chi connectivity index (χ4v) is 2.78. The normalized spacial score (nSPS) is 14.8. The molecule has 0 aliphatic rings. The minimum Gasteiger partial charge on any atom is -0.480 e. The number of hydrogen-bond acceptors (Lipinski definition) is 6. The Kier molecular flexibility index (Phi) is 12.0. The maximum atomic E-state index is 12.4. The average molecular weight is 380 g/mol. The topological polar surface area (TPSA) is 122 Å². The molecule has 24 heavy (non-hydrogen) atoms. The van der Waals surface area contributed by atoms with E-state index in [0.717, 1.165) is 0 Å². The summed E-state index contributed by atoms with van der Waals surface area (Å²) in [4.78, 5) is 35.8. The number of carboxylic acid groups (broad SMARTS) is 1. The van der Waals surface area contributed by atoms with Crippen molar-refractivity contribution in [2.24, 2.45) is 11.7 Å². The molecule has 3 unspecified atom stereocenters. The predicted octanol–water partition coefficient (Wildman–Crippen LogP) is 0.530. The summed E-state index contributed by atoms with van der Waals surface area (Å²) >= 11 is 3.06. The molecule has 0 aliphatic heterocycles. The molecule has 0 fully saturated rings. The molecule has 0 rings (SSSR count). The highest BCUT2D eigenvalue weighted by molar-refractivity contribution is 7.98. The maximum absolute atomic E-state index is 12.4. The molecule has 0 aromatic heterocycles. The minimum absolute atomic E-state index is 0.0531. The maximum Gasteiger partial charge on any atom is 0.326 e. The summed E-state index contributed by atoms with van der Waals surface area (Å²) in [5.41, 5.74) is 5.81. The number of hydrogen-bond donors (Lipinski definition) is 4. The van der Waals surface area contributed by atoms with Crippen molar-refractivity contribution in [2.75, 3.05) is 24.0 Å². The van der Waals surface area contributed by atoms with Crippen molar-refractivity contribution < 1.29 is 19.5 Å². The van der Waals surface area contributed by atoms with E-state index in [-0.39, 0.29) is 5.92 Å². The van der Waals surface area contributed by atoms with Crippen LogP contribution in [0.5, 0.6) is 0 Å². The highest BCUT2D eigenvalue weighted by Crippen LogP contribution is 2.06. The molecule has 0 heterocycles. The van der Waals surface area contributed by atoms with E-state index in [9.17, 15) is 19.5 Å². The van der Waals surface area contributed by atoms with Gasteiger partial charge in [0, 0.05) is 0 Å². The Hall–Kier alpha value is -0.930. The van der Waals surface area contributed by atoms with Gasteiger partial charge in [0.05, 0.1) is 6.04 Å². The van der Waals surface area contributed by atoms with Gasteiger partial charge in [0.2, 0.25) is 11.8 Å². The number of thioether (sulfide) groups is 2. The third-order valence-electron chi connectivity index (χ3n) is 3.49. The Balaban J connectivity index is 4.91. The van der Waals surface area contributed by atoms with E-state index in [2.05, 4.69) is 10.6 Å². The second-order valence-corrected chi connectivity index (χ2v) is 7.76. The van der Waals surface area contributed by atoms with Crippen molar-refractivity contribution in [1.82, 2.24) is 10.6 Å². The molecule has 0 saturated carbocycles. The van der Waals surface area contributed by atoms with Crippen LogP contribution in [0.25, 0.3) is 0 Å². The molecule has 140 valence electrons. The van der Waals surface area contributed by atoms with Gasteiger partial charge in [-0.1, -0.05) is 13.8 Å². The molecule has 0 aliphatic carbocycles. The van der Waals surface area contributed by atoms with Crippen molar-refractivity contribution in [2.45, 2.75) is 44.8 Å². The van der Waals surface area contributed by atoms with Crippen LogP contribution >= 0.6 is 23.5 Å². The summed E-state index contributed by atoms with van der Waals surface area (Å²) in [5.74, 6) is -0.729. The summed E-state index contributed by atoms with van der Waals surface area (Å²) in [5, 5.41) is 14.4. The van der Waals surface area contributed by atoms with Gasteiger partial charge in [0.1, 0.15) is 12.1 Å². The number of nitrogens with two attached hydrogens (primary N) is 1. The smallest absolute Gasteiger partial charge is 0.326 e. The van der Waals surface area contributed by atoms with Gasteiger partial charge >= 0.3 is 5.97 Å². The molecule has 2 amide bonds. The van der Waals surface area contributed by atoms with Crippen molar-refractivity contribution in [3.63, 3.8) is 0 Å². The van der Waals surface area contributed by atoms with Crippen LogP contribution in [0.15, 0.2) is 0 Å². The zero-order chi connectivity index (χ0) is 18.7. The summed E-state index contributed by atoms with van der Waals surface area (Å²) in [7, 11) is 0. The Bertz CT molecular complexity index is 422. The van der Waals surface area contributed by atoms with Crippen LogP contribution in [0.1, 0.15) is 26.7 Å². The summed E-state index contributed by atoms with van der Waals surface area (Å²) in [6.07, 6.45) is 4.51. The molecule has 7 nitrogen and oxygen atoms in total. The minimum atomic E-state index is -1.08. The fourth-order valence-electron chi connectivity index (χ4n) is 1.84. The van der Waals surface area contributed by atoms with Gasteiger partial charge in [-0.2, -0.15) is 23.5 Å². The SMILES string of the molecule is CSCCC(NC(=O)C(CCSC)NC(=O)C(N)C(C)C)C(=O)O. The fraction of sp³-hybridized carbons (Fsp3) is 0.800.